The highest BCUT2D eigenvalue weighted by atomic mass is 16.3. The van der Waals surface area contributed by atoms with Crippen molar-refractivity contribution in [2.24, 2.45) is 5.18 Å². The molecule has 0 aliphatic carbocycles. The van der Waals surface area contributed by atoms with Crippen LogP contribution in [0.1, 0.15) is 30.9 Å². The molecular formula is C13H17NO. The van der Waals surface area contributed by atoms with Gasteiger partial charge in [0.1, 0.15) is 0 Å². The van der Waals surface area contributed by atoms with Gasteiger partial charge < -0.3 is 0 Å². The first kappa shape index (κ1) is 11.6. The third kappa shape index (κ3) is 3.66. The Morgan fingerprint density at radius 2 is 2.00 bits per heavy atom. The molecule has 0 saturated carbocycles. The summed E-state index contributed by atoms with van der Waals surface area (Å²) in [7, 11) is 0. The molecule has 2 nitrogen and oxygen atoms in total. The van der Waals surface area contributed by atoms with E-state index in [1.165, 1.54) is 5.56 Å². The first-order chi connectivity index (χ1) is 7.13. The molecule has 0 radical (unpaired) electrons. The van der Waals surface area contributed by atoms with Crippen LogP contribution in [0.4, 0.5) is 0 Å². The average Bonchev–Trinajstić information content (AvgIpc) is 2.26. The molecule has 0 aliphatic rings. The number of nitrogens with zero attached hydrogens (tertiary/aromatic N) is 1. The second-order valence-corrected chi connectivity index (χ2v) is 3.96. The SMILES string of the molecule is C=C(CC[C@H](C)N=O)c1ccc(C)cc1. The van der Waals surface area contributed by atoms with Gasteiger partial charge in [-0.3, -0.25) is 0 Å². The van der Waals surface area contributed by atoms with E-state index >= 15 is 0 Å². The minimum atomic E-state index is -0.118. The Morgan fingerprint density at radius 1 is 1.40 bits per heavy atom. The summed E-state index contributed by atoms with van der Waals surface area (Å²) in [6, 6.07) is 8.16. The number of hydrogen-bond acceptors (Lipinski definition) is 2. The van der Waals surface area contributed by atoms with Gasteiger partial charge in [-0.15, -0.1) is 0 Å². The highest BCUT2D eigenvalue weighted by Gasteiger charge is 2.03. The largest absolute Gasteiger partial charge is 0.151 e. The van der Waals surface area contributed by atoms with Crippen LogP contribution < -0.4 is 0 Å². The van der Waals surface area contributed by atoms with E-state index in [4.69, 9.17) is 0 Å². The predicted octanol–water partition coefficient (Wildman–Crippen LogP) is 3.94. The quantitative estimate of drug-likeness (QED) is 0.666. The number of nitroso groups, excluding NO2 is 1. The zero-order valence-electron chi connectivity index (χ0n) is 9.36. The van der Waals surface area contributed by atoms with Gasteiger partial charge in [0.25, 0.3) is 0 Å². The molecule has 1 aromatic rings. The minimum Gasteiger partial charge on any atom is -0.151 e. The summed E-state index contributed by atoms with van der Waals surface area (Å²) >= 11 is 0. The maximum Gasteiger partial charge on any atom is 0.0894 e. The Hall–Kier alpha value is -1.44. The average molecular weight is 203 g/mol. The molecule has 0 N–H and O–H groups in total. The van der Waals surface area contributed by atoms with Crippen molar-refractivity contribution in [1.29, 1.82) is 0 Å². The third-order valence-corrected chi connectivity index (χ3v) is 2.50. The van der Waals surface area contributed by atoms with E-state index in [9.17, 15) is 4.91 Å². The summed E-state index contributed by atoms with van der Waals surface area (Å²) < 4.78 is 0. The van der Waals surface area contributed by atoms with Crippen molar-refractivity contribution >= 4 is 5.57 Å². The van der Waals surface area contributed by atoms with E-state index < -0.39 is 0 Å². The number of allylic oxidation sites excluding steroid dienone is 1. The predicted molar refractivity (Wildman–Crippen MR) is 64.7 cm³/mol. The van der Waals surface area contributed by atoms with Crippen LogP contribution in [0.2, 0.25) is 0 Å². The molecule has 0 heterocycles. The van der Waals surface area contributed by atoms with Crippen LogP contribution in [0, 0.1) is 11.8 Å². The molecule has 0 aliphatic heterocycles. The van der Waals surface area contributed by atoms with E-state index in [0.29, 0.717) is 0 Å². The zero-order chi connectivity index (χ0) is 11.3. The Balaban J connectivity index is 2.54. The molecule has 0 unspecified atom stereocenters. The molecule has 2 heteroatoms. The van der Waals surface area contributed by atoms with Gasteiger partial charge in [0.15, 0.2) is 0 Å². The van der Waals surface area contributed by atoms with Crippen LogP contribution in [0.25, 0.3) is 5.57 Å². The monoisotopic (exact) mass is 203 g/mol. The number of rotatable bonds is 5. The third-order valence-electron chi connectivity index (χ3n) is 2.50. The van der Waals surface area contributed by atoms with Gasteiger partial charge >= 0.3 is 0 Å². The van der Waals surface area contributed by atoms with Crippen LogP contribution in [0.5, 0.6) is 0 Å². The maximum atomic E-state index is 10.2. The molecular weight excluding hydrogens is 186 g/mol. The van der Waals surface area contributed by atoms with Crippen molar-refractivity contribution < 1.29 is 0 Å². The summed E-state index contributed by atoms with van der Waals surface area (Å²) in [5.41, 5.74) is 3.47. The van der Waals surface area contributed by atoms with Crippen LogP contribution in [-0.2, 0) is 0 Å². The lowest BCUT2D eigenvalue weighted by molar-refractivity contribution is 0.679. The van der Waals surface area contributed by atoms with Crippen LogP contribution in [0.15, 0.2) is 36.0 Å². The van der Waals surface area contributed by atoms with Gasteiger partial charge in [-0.05, 0) is 37.8 Å². The van der Waals surface area contributed by atoms with Gasteiger partial charge in [-0.25, -0.2) is 0 Å². The van der Waals surface area contributed by atoms with Crippen LogP contribution in [0.3, 0.4) is 0 Å². The van der Waals surface area contributed by atoms with Crippen molar-refractivity contribution in [3.8, 4) is 0 Å². The summed E-state index contributed by atoms with van der Waals surface area (Å²) in [6.07, 6.45) is 1.60. The molecule has 80 valence electrons. The van der Waals surface area contributed by atoms with Gasteiger partial charge in [-0.1, -0.05) is 41.6 Å². The lowest BCUT2D eigenvalue weighted by Gasteiger charge is -2.07. The molecule has 0 bridgehead atoms. The highest BCUT2D eigenvalue weighted by molar-refractivity contribution is 5.63. The standard InChI is InChI=1S/C13H17NO/c1-10-4-8-13(9-5-10)11(2)6-7-12(3)14-15/h4-5,8-9,12H,2,6-7H2,1,3H3/t12-/m0/s1. The lowest BCUT2D eigenvalue weighted by Crippen LogP contribution is -1.96. The van der Waals surface area contributed by atoms with Gasteiger partial charge in [0.2, 0.25) is 0 Å². The Labute approximate surface area is 91.0 Å². The fourth-order valence-corrected chi connectivity index (χ4v) is 1.37. The molecule has 15 heavy (non-hydrogen) atoms. The fraction of sp³-hybridized carbons (Fsp3) is 0.385. The molecule has 0 saturated heterocycles. The Bertz CT molecular complexity index is 340. The lowest BCUT2D eigenvalue weighted by atomic mass is 10.00. The zero-order valence-corrected chi connectivity index (χ0v) is 9.36. The molecule has 0 spiro atoms. The molecule has 1 atom stereocenters. The van der Waals surface area contributed by atoms with Gasteiger partial charge in [0.05, 0.1) is 6.04 Å². The smallest absolute Gasteiger partial charge is 0.0894 e. The van der Waals surface area contributed by atoms with Crippen molar-refractivity contribution in [3.05, 3.63) is 46.9 Å². The van der Waals surface area contributed by atoms with Crippen LogP contribution in [-0.4, -0.2) is 6.04 Å². The first-order valence-corrected chi connectivity index (χ1v) is 5.20. The normalized spacial score (nSPS) is 12.1. The summed E-state index contributed by atoms with van der Waals surface area (Å²) in [5, 5.41) is 2.98. The van der Waals surface area contributed by atoms with E-state index in [-0.39, 0.29) is 6.04 Å². The highest BCUT2D eigenvalue weighted by Crippen LogP contribution is 2.19. The van der Waals surface area contributed by atoms with Gasteiger partial charge in [0, 0.05) is 0 Å². The molecule has 0 aromatic heterocycles. The van der Waals surface area contributed by atoms with Gasteiger partial charge in [-0.2, -0.15) is 4.91 Å². The Morgan fingerprint density at radius 3 is 2.53 bits per heavy atom. The second kappa shape index (κ2) is 5.44. The second-order valence-electron chi connectivity index (χ2n) is 3.96. The number of aryl methyl sites for hydroxylation is 1. The molecule has 0 fully saturated rings. The summed E-state index contributed by atoms with van der Waals surface area (Å²) in [4.78, 5) is 10.2. The maximum absolute atomic E-state index is 10.2. The first-order valence-electron chi connectivity index (χ1n) is 5.20. The van der Waals surface area contributed by atoms with E-state index in [1.807, 2.05) is 6.92 Å². The van der Waals surface area contributed by atoms with E-state index in [0.717, 1.165) is 24.0 Å². The van der Waals surface area contributed by atoms with Crippen LogP contribution >= 0.6 is 0 Å². The molecule has 0 amide bonds. The fourth-order valence-electron chi connectivity index (χ4n) is 1.37. The Kier molecular flexibility index (Phi) is 4.22. The van der Waals surface area contributed by atoms with E-state index in [1.54, 1.807) is 0 Å². The molecule has 1 aromatic carbocycles. The van der Waals surface area contributed by atoms with Crippen molar-refractivity contribution in [3.63, 3.8) is 0 Å². The van der Waals surface area contributed by atoms with E-state index in [2.05, 4.69) is 42.9 Å². The number of benzene rings is 1. The van der Waals surface area contributed by atoms with Crippen molar-refractivity contribution in [1.82, 2.24) is 0 Å². The van der Waals surface area contributed by atoms with Crippen molar-refractivity contribution in [2.45, 2.75) is 32.7 Å². The summed E-state index contributed by atoms with van der Waals surface area (Å²) in [6.45, 7) is 7.91. The topological polar surface area (TPSA) is 29.4 Å². The minimum absolute atomic E-state index is 0.118. The molecule has 1 rings (SSSR count). The van der Waals surface area contributed by atoms with Crippen molar-refractivity contribution in [2.75, 3.05) is 0 Å². The summed E-state index contributed by atoms with van der Waals surface area (Å²) in [5.74, 6) is 0. The number of hydrogen-bond donors (Lipinski definition) is 0.